The van der Waals surface area contributed by atoms with Crippen molar-refractivity contribution in [2.24, 2.45) is 0 Å². The molecule has 0 bridgehead atoms. The van der Waals surface area contributed by atoms with Gasteiger partial charge in [0.1, 0.15) is 0 Å². The Labute approximate surface area is 208 Å². The van der Waals surface area contributed by atoms with Crippen molar-refractivity contribution in [2.45, 2.75) is 0 Å². The minimum Gasteiger partial charge on any atom is -0.465 e. The van der Waals surface area contributed by atoms with Crippen molar-refractivity contribution in [3.05, 3.63) is 131 Å². The van der Waals surface area contributed by atoms with Crippen molar-refractivity contribution >= 4 is 29.2 Å². The molecule has 4 rings (SSSR count). The van der Waals surface area contributed by atoms with E-state index in [4.69, 9.17) is 4.74 Å². The molecule has 4 aromatic carbocycles. The van der Waals surface area contributed by atoms with Gasteiger partial charge in [-0.2, -0.15) is 0 Å². The molecule has 0 heterocycles. The molecule has 0 saturated carbocycles. The van der Waals surface area contributed by atoms with Gasteiger partial charge in [0.15, 0.2) is 0 Å². The molecule has 0 aliphatic rings. The minimum absolute atomic E-state index is 0.313. The van der Waals surface area contributed by atoms with Crippen molar-refractivity contribution in [3.63, 3.8) is 0 Å². The fraction of sp³-hybridized carbons (Fsp3) is 0.0333. The Hall–Kier alpha value is -5.15. The number of esters is 1. The predicted molar refractivity (Wildman–Crippen MR) is 139 cm³/mol. The first-order valence-corrected chi connectivity index (χ1v) is 11.1. The molecule has 2 amide bonds. The van der Waals surface area contributed by atoms with E-state index in [1.54, 1.807) is 91.0 Å². The Morgan fingerprint density at radius 1 is 0.611 bits per heavy atom. The van der Waals surface area contributed by atoms with Crippen LogP contribution in [0.1, 0.15) is 42.2 Å². The summed E-state index contributed by atoms with van der Waals surface area (Å²) >= 11 is 0. The zero-order chi connectivity index (χ0) is 25.3. The fourth-order valence-corrected chi connectivity index (χ4v) is 3.47. The first kappa shape index (κ1) is 24.0. The third kappa shape index (κ3) is 5.66. The molecule has 2 N–H and O–H groups in total. The molecule has 0 saturated heterocycles. The average Bonchev–Trinajstić information content (AvgIpc) is 2.93. The van der Waals surface area contributed by atoms with Gasteiger partial charge in [0, 0.05) is 16.7 Å². The topological polar surface area (TPSA) is 84.5 Å². The van der Waals surface area contributed by atoms with Crippen LogP contribution in [0.2, 0.25) is 0 Å². The molecular formula is C30H22N2O4. The lowest BCUT2D eigenvalue weighted by molar-refractivity contribution is 0.0600. The normalized spacial score (nSPS) is 9.92. The Morgan fingerprint density at radius 3 is 1.64 bits per heavy atom. The van der Waals surface area contributed by atoms with Crippen LogP contribution in [0.25, 0.3) is 0 Å². The lowest BCUT2D eigenvalue weighted by atomic mass is 10.1. The van der Waals surface area contributed by atoms with E-state index in [2.05, 4.69) is 22.5 Å². The lowest BCUT2D eigenvalue weighted by Gasteiger charge is -2.13. The molecule has 0 fully saturated rings. The predicted octanol–water partition coefficient (Wildman–Crippen LogP) is 5.38. The van der Waals surface area contributed by atoms with Gasteiger partial charge in [0.05, 0.1) is 29.6 Å². The molecule has 0 atom stereocenters. The number of methoxy groups -OCH3 is 1. The first-order chi connectivity index (χ1) is 17.6. The van der Waals surface area contributed by atoms with E-state index < -0.39 is 5.97 Å². The number of amides is 2. The zero-order valence-electron chi connectivity index (χ0n) is 19.4. The van der Waals surface area contributed by atoms with Crippen LogP contribution < -0.4 is 10.6 Å². The molecule has 176 valence electrons. The molecule has 0 aliphatic heterocycles. The number of ether oxygens (including phenoxy) is 1. The van der Waals surface area contributed by atoms with Crippen molar-refractivity contribution in [1.82, 2.24) is 0 Å². The lowest BCUT2D eigenvalue weighted by Crippen LogP contribution is -2.16. The summed E-state index contributed by atoms with van der Waals surface area (Å²) in [6.45, 7) is 0. The van der Waals surface area contributed by atoms with Crippen LogP contribution in [0.3, 0.4) is 0 Å². The highest BCUT2D eigenvalue weighted by Gasteiger charge is 2.15. The zero-order valence-corrected chi connectivity index (χ0v) is 19.4. The number of anilines is 2. The van der Waals surface area contributed by atoms with Crippen molar-refractivity contribution in [2.75, 3.05) is 17.7 Å². The second kappa shape index (κ2) is 11.3. The number of hydrogen-bond donors (Lipinski definition) is 2. The van der Waals surface area contributed by atoms with Crippen LogP contribution in [-0.4, -0.2) is 24.9 Å². The van der Waals surface area contributed by atoms with Gasteiger partial charge in [-0.1, -0.05) is 66.4 Å². The molecule has 6 heteroatoms. The van der Waals surface area contributed by atoms with E-state index >= 15 is 0 Å². The number of carbonyl (C=O) groups is 3. The monoisotopic (exact) mass is 474 g/mol. The highest BCUT2D eigenvalue weighted by atomic mass is 16.5. The molecule has 0 radical (unpaired) electrons. The highest BCUT2D eigenvalue weighted by molar-refractivity contribution is 6.08. The Balaban J connectivity index is 1.76. The second-order valence-corrected chi connectivity index (χ2v) is 7.66. The Bertz CT molecular complexity index is 1400. The van der Waals surface area contributed by atoms with E-state index in [-0.39, 0.29) is 11.8 Å². The standard InChI is InChI=1S/C30H22N2O4/c1-36-30(35)24-16-9-8-11-21(24)19-20-25-26(31-28(33)22-12-4-2-5-13-22)17-10-18-27(25)32-29(34)23-14-6-3-7-15-23/h2-18H,1H3,(H,31,33)(H,32,34). The van der Waals surface area contributed by atoms with E-state index in [0.717, 1.165) is 0 Å². The van der Waals surface area contributed by atoms with Crippen LogP contribution in [0.15, 0.2) is 103 Å². The number of rotatable bonds is 5. The van der Waals surface area contributed by atoms with Crippen LogP contribution in [0.4, 0.5) is 11.4 Å². The summed E-state index contributed by atoms with van der Waals surface area (Å²) < 4.78 is 4.86. The molecule has 4 aromatic rings. The average molecular weight is 475 g/mol. The molecule has 0 aliphatic carbocycles. The van der Waals surface area contributed by atoms with Gasteiger partial charge in [-0.3, -0.25) is 9.59 Å². The van der Waals surface area contributed by atoms with Gasteiger partial charge in [-0.25, -0.2) is 4.79 Å². The van der Waals surface area contributed by atoms with Gasteiger partial charge in [-0.15, -0.1) is 0 Å². The molecule has 0 spiro atoms. The second-order valence-electron chi connectivity index (χ2n) is 7.66. The SMILES string of the molecule is COC(=O)c1ccccc1C#Cc1c(NC(=O)c2ccccc2)cccc1NC(=O)c1ccccc1. The summed E-state index contributed by atoms with van der Waals surface area (Å²) in [5, 5.41) is 5.76. The van der Waals surface area contributed by atoms with Crippen LogP contribution >= 0.6 is 0 Å². The van der Waals surface area contributed by atoms with E-state index in [0.29, 0.717) is 39.2 Å². The van der Waals surface area contributed by atoms with Crippen molar-refractivity contribution in [3.8, 4) is 11.8 Å². The largest absolute Gasteiger partial charge is 0.465 e. The summed E-state index contributed by atoms with van der Waals surface area (Å²) in [6, 6.07) is 29.5. The number of hydrogen-bond acceptors (Lipinski definition) is 4. The number of nitrogens with one attached hydrogen (secondary N) is 2. The number of carbonyl (C=O) groups excluding carboxylic acids is 3. The maximum Gasteiger partial charge on any atom is 0.339 e. The molecular weight excluding hydrogens is 452 g/mol. The highest BCUT2D eigenvalue weighted by Crippen LogP contribution is 2.25. The van der Waals surface area contributed by atoms with Crippen LogP contribution in [-0.2, 0) is 4.74 Å². The van der Waals surface area contributed by atoms with Gasteiger partial charge < -0.3 is 15.4 Å². The van der Waals surface area contributed by atoms with E-state index in [1.807, 2.05) is 12.1 Å². The van der Waals surface area contributed by atoms with Gasteiger partial charge >= 0.3 is 5.97 Å². The smallest absolute Gasteiger partial charge is 0.339 e. The van der Waals surface area contributed by atoms with Crippen LogP contribution in [0, 0.1) is 11.8 Å². The Morgan fingerprint density at radius 2 is 1.11 bits per heavy atom. The summed E-state index contributed by atoms with van der Waals surface area (Å²) in [7, 11) is 1.30. The Kier molecular flexibility index (Phi) is 7.54. The van der Waals surface area contributed by atoms with Gasteiger partial charge in [0.2, 0.25) is 0 Å². The molecule has 0 unspecified atom stereocenters. The summed E-state index contributed by atoms with van der Waals surface area (Å²) in [5.74, 6) is 4.89. The quantitative estimate of drug-likeness (QED) is 0.301. The fourth-order valence-electron chi connectivity index (χ4n) is 3.47. The van der Waals surface area contributed by atoms with Crippen molar-refractivity contribution < 1.29 is 19.1 Å². The first-order valence-electron chi connectivity index (χ1n) is 11.1. The molecule has 0 aromatic heterocycles. The number of benzene rings is 4. The third-order valence-electron chi connectivity index (χ3n) is 5.29. The van der Waals surface area contributed by atoms with Gasteiger partial charge in [0.25, 0.3) is 11.8 Å². The molecule has 36 heavy (non-hydrogen) atoms. The van der Waals surface area contributed by atoms with E-state index in [9.17, 15) is 14.4 Å². The minimum atomic E-state index is -0.511. The van der Waals surface area contributed by atoms with Crippen molar-refractivity contribution in [1.29, 1.82) is 0 Å². The summed E-state index contributed by atoms with van der Waals surface area (Å²) in [6.07, 6.45) is 0. The summed E-state index contributed by atoms with van der Waals surface area (Å²) in [4.78, 5) is 37.9. The third-order valence-corrected chi connectivity index (χ3v) is 5.29. The van der Waals surface area contributed by atoms with Crippen LogP contribution in [0.5, 0.6) is 0 Å². The summed E-state index contributed by atoms with van der Waals surface area (Å²) in [5.41, 5.74) is 2.95. The maximum absolute atomic E-state index is 12.9. The van der Waals surface area contributed by atoms with E-state index in [1.165, 1.54) is 7.11 Å². The maximum atomic E-state index is 12.9. The van der Waals surface area contributed by atoms with Gasteiger partial charge in [-0.05, 0) is 48.5 Å². The molecule has 6 nitrogen and oxygen atoms in total.